The van der Waals surface area contributed by atoms with Crippen LogP contribution >= 0.6 is 0 Å². The average Bonchev–Trinajstić information content (AvgIpc) is 3.53. The van der Waals surface area contributed by atoms with E-state index >= 15 is 0 Å². The van der Waals surface area contributed by atoms with E-state index in [2.05, 4.69) is 15.6 Å². The Kier molecular flexibility index (Phi) is 7.20. The van der Waals surface area contributed by atoms with Crippen LogP contribution in [0.25, 0.3) is 0 Å². The van der Waals surface area contributed by atoms with Crippen LogP contribution < -0.4 is 10.6 Å². The predicted octanol–water partition coefficient (Wildman–Crippen LogP) is 5.15. The predicted molar refractivity (Wildman–Crippen MR) is 169 cm³/mol. The van der Waals surface area contributed by atoms with Gasteiger partial charge in [0.05, 0.1) is 17.0 Å². The molecular formula is C36H33F2N5O3. The molecule has 1 aromatic heterocycles. The van der Waals surface area contributed by atoms with Crippen LogP contribution in [0.4, 0.5) is 20.3 Å². The number of piperazine rings is 1. The quantitative estimate of drug-likeness (QED) is 0.311. The number of fused-ring (bicyclic) bond motifs is 3. The van der Waals surface area contributed by atoms with Crippen molar-refractivity contribution in [2.24, 2.45) is 0 Å². The molecule has 8 nitrogen and oxygen atoms in total. The van der Waals surface area contributed by atoms with Crippen molar-refractivity contribution in [3.63, 3.8) is 0 Å². The van der Waals surface area contributed by atoms with Crippen LogP contribution in [0.2, 0.25) is 0 Å². The number of halogens is 2. The maximum atomic E-state index is 14.4. The van der Waals surface area contributed by atoms with Gasteiger partial charge in [-0.25, -0.2) is 13.8 Å². The number of hydrogen-bond acceptors (Lipinski definition) is 5. The molecule has 0 bridgehead atoms. The lowest BCUT2D eigenvalue weighted by molar-refractivity contribution is -0.156. The summed E-state index contributed by atoms with van der Waals surface area (Å²) in [6, 6.07) is 21.4. The van der Waals surface area contributed by atoms with Gasteiger partial charge < -0.3 is 15.5 Å². The molecule has 3 aromatic carbocycles. The monoisotopic (exact) mass is 621 g/mol. The van der Waals surface area contributed by atoms with Gasteiger partial charge in [-0.2, -0.15) is 0 Å². The normalized spacial score (nSPS) is 21.7. The highest BCUT2D eigenvalue weighted by Gasteiger charge is 2.51. The molecule has 3 amide bonds. The third-order valence-electron chi connectivity index (χ3n) is 9.61. The van der Waals surface area contributed by atoms with Crippen molar-refractivity contribution < 1.29 is 23.2 Å². The van der Waals surface area contributed by atoms with Gasteiger partial charge in [0.15, 0.2) is 0 Å². The van der Waals surface area contributed by atoms with Crippen LogP contribution in [0.5, 0.6) is 0 Å². The summed E-state index contributed by atoms with van der Waals surface area (Å²) in [6.45, 7) is 4.00. The maximum absolute atomic E-state index is 14.4. The second-order valence-electron chi connectivity index (χ2n) is 12.9. The SMILES string of the molecule is CC1(C)C(=O)N(CC(=O)Nc2ccc3c(c2)C[C@@]2(C3)C(=O)Nc3ncccc32)[C@H](c2cc(F)cc(F)c2)CN1Cc1ccccc1. The molecule has 0 radical (unpaired) electrons. The first-order valence-corrected chi connectivity index (χ1v) is 15.3. The topological polar surface area (TPSA) is 94.6 Å². The molecule has 0 unspecified atom stereocenters. The van der Waals surface area contributed by atoms with Crippen molar-refractivity contribution >= 4 is 29.2 Å². The van der Waals surface area contributed by atoms with Gasteiger partial charge in [-0.1, -0.05) is 42.5 Å². The molecule has 2 atom stereocenters. The van der Waals surface area contributed by atoms with Crippen LogP contribution in [0, 0.1) is 11.6 Å². The lowest BCUT2D eigenvalue weighted by Gasteiger charge is -2.50. The molecule has 46 heavy (non-hydrogen) atoms. The van der Waals surface area contributed by atoms with Gasteiger partial charge in [0, 0.05) is 36.6 Å². The summed E-state index contributed by atoms with van der Waals surface area (Å²) in [5, 5.41) is 5.82. The Hall–Kier alpha value is -4.96. The third-order valence-corrected chi connectivity index (χ3v) is 9.61. The zero-order chi connectivity index (χ0) is 32.2. The minimum atomic E-state index is -0.993. The number of anilines is 2. The summed E-state index contributed by atoms with van der Waals surface area (Å²) in [6.07, 6.45) is 2.65. The van der Waals surface area contributed by atoms with Crippen molar-refractivity contribution in [3.05, 3.63) is 125 Å². The van der Waals surface area contributed by atoms with Gasteiger partial charge in [0.2, 0.25) is 17.7 Å². The fraction of sp³-hybridized carbons (Fsp3) is 0.278. The Morgan fingerprint density at radius 2 is 1.70 bits per heavy atom. The summed E-state index contributed by atoms with van der Waals surface area (Å²) in [7, 11) is 0. The zero-order valence-electron chi connectivity index (χ0n) is 25.5. The highest BCUT2D eigenvalue weighted by atomic mass is 19.1. The van der Waals surface area contributed by atoms with Crippen molar-refractivity contribution in [2.75, 3.05) is 23.7 Å². The molecule has 3 aliphatic rings. The molecule has 1 fully saturated rings. The molecule has 1 aliphatic carbocycles. The Morgan fingerprint density at radius 3 is 2.46 bits per heavy atom. The number of nitrogens with one attached hydrogen (secondary N) is 2. The van der Waals surface area contributed by atoms with Gasteiger partial charge in [0.25, 0.3) is 0 Å². The Labute approximate surface area is 265 Å². The Balaban J connectivity index is 1.13. The number of amides is 3. The first-order valence-electron chi connectivity index (χ1n) is 15.3. The molecule has 234 valence electrons. The van der Waals surface area contributed by atoms with Crippen LogP contribution in [0.3, 0.4) is 0 Å². The summed E-state index contributed by atoms with van der Waals surface area (Å²) in [5.41, 5.74) is 2.91. The van der Waals surface area contributed by atoms with E-state index in [1.54, 1.807) is 26.1 Å². The second-order valence-corrected chi connectivity index (χ2v) is 12.9. The fourth-order valence-electron chi connectivity index (χ4n) is 7.16. The molecule has 1 saturated heterocycles. The van der Waals surface area contributed by atoms with E-state index in [4.69, 9.17) is 0 Å². The lowest BCUT2D eigenvalue weighted by Crippen LogP contribution is -2.64. The smallest absolute Gasteiger partial charge is 0.244 e. The number of aromatic nitrogens is 1. The average molecular weight is 622 g/mol. The van der Waals surface area contributed by atoms with Crippen LogP contribution in [0.15, 0.2) is 85.1 Å². The lowest BCUT2D eigenvalue weighted by atomic mass is 9.79. The first kappa shape index (κ1) is 29.7. The molecule has 2 N–H and O–H groups in total. The van der Waals surface area contributed by atoms with E-state index in [1.807, 2.05) is 59.5 Å². The minimum absolute atomic E-state index is 0.0876. The second kappa shape index (κ2) is 11.1. The van der Waals surface area contributed by atoms with E-state index in [9.17, 15) is 23.2 Å². The molecule has 2 aliphatic heterocycles. The highest BCUT2D eigenvalue weighted by Crippen LogP contribution is 2.47. The summed E-state index contributed by atoms with van der Waals surface area (Å²) in [5.74, 6) is -1.78. The standard InChI is InChI=1S/C36H33F2N5O3/c1-35(2)34(46)43(30(24-13-26(37)16-27(38)14-24)20-42(35)19-22-7-4-3-5-8-22)21-31(44)40-28-11-10-23-17-36(18-25(23)15-28)29-9-6-12-39-32(29)41-33(36)45/h3-16,30H,17-21H2,1-2H3,(H,40,44)(H,39,41,45)/t30-,36+/m0/s1. The summed E-state index contributed by atoms with van der Waals surface area (Å²) >= 11 is 0. The number of benzene rings is 3. The van der Waals surface area contributed by atoms with Gasteiger partial charge in [-0.3, -0.25) is 19.3 Å². The van der Waals surface area contributed by atoms with Gasteiger partial charge >= 0.3 is 0 Å². The molecule has 10 heteroatoms. The number of hydrogen-bond donors (Lipinski definition) is 2. The van der Waals surface area contributed by atoms with Crippen molar-refractivity contribution in [1.29, 1.82) is 0 Å². The molecule has 3 heterocycles. The Bertz CT molecular complexity index is 1860. The Morgan fingerprint density at radius 1 is 0.957 bits per heavy atom. The molecule has 4 aromatic rings. The summed E-state index contributed by atoms with van der Waals surface area (Å²) < 4.78 is 28.8. The van der Waals surface area contributed by atoms with Crippen molar-refractivity contribution in [1.82, 2.24) is 14.8 Å². The van der Waals surface area contributed by atoms with Crippen molar-refractivity contribution in [3.8, 4) is 0 Å². The number of nitrogens with zero attached hydrogens (tertiary/aromatic N) is 3. The summed E-state index contributed by atoms with van der Waals surface area (Å²) in [4.78, 5) is 48.5. The van der Waals surface area contributed by atoms with Crippen molar-refractivity contribution in [2.45, 2.75) is 50.2 Å². The minimum Gasteiger partial charge on any atom is -0.325 e. The molecular weight excluding hydrogens is 588 g/mol. The first-order chi connectivity index (χ1) is 22.0. The fourth-order valence-corrected chi connectivity index (χ4v) is 7.16. The van der Waals surface area contributed by atoms with Crippen LogP contribution in [-0.4, -0.2) is 51.1 Å². The number of rotatable bonds is 6. The zero-order valence-corrected chi connectivity index (χ0v) is 25.5. The largest absolute Gasteiger partial charge is 0.325 e. The molecule has 0 saturated carbocycles. The molecule has 7 rings (SSSR count). The van der Waals surface area contributed by atoms with Gasteiger partial charge in [-0.15, -0.1) is 0 Å². The van der Waals surface area contributed by atoms with E-state index < -0.39 is 34.5 Å². The number of carbonyl (C=O) groups excluding carboxylic acids is 3. The van der Waals surface area contributed by atoms with E-state index in [0.717, 1.165) is 28.3 Å². The van der Waals surface area contributed by atoms with Crippen LogP contribution in [0.1, 0.15) is 47.7 Å². The van der Waals surface area contributed by atoms with E-state index in [1.165, 1.54) is 17.0 Å². The van der Waals surface area contributed by atoms with E-state index in [-0.39, 0.29) is 30.5 Å². The number of pyridine rings is 1. The number of carbonyl (C=O) groups is 3. The van der Waals surface area contributed by atoms with Gasteiger partial charge in [0.1, 0.15) is 24.0 Å². The van der Waals surface area contributed by atoms with Gasteiger partial charge in [-0.05, 0) is 79.3 Å². The third kappa shape index (κ3) is 5.12. The maximum Gasteiger partial charge on any atom is 0.244 e. The highest BCUT2D eigenvalue weighted by molar-refractivity contribution is 6.06. The van der Waals surface area contributed by atoms with E-state index in [0.29, 0.717) is 30.9 Å². The van der Waals surface area contributed by atoms with Crippen LogP contribution in [-0.2, 0) is 39.2 Å². The molecule has 1 spiro atoms.